The Hall–Kier alpha value is -1.74. The molecule has 8 heteroatoms. The summed E-state index contributed by atoms with van der Waals surface area (Å²) in [6.45, 7) is 7.46. The number of likely N-dealkylation sites (tertiary alicyclic amines) is 1. The van der Waals surface area contributed by atoms with Crippen LogP contribution in [-0.4, -0.2) is 33.9 Å². The van der Waals surface area contributed by atoms with Crippen LogP contribution in [0, 0.1) is 12.8 Å². The maximum atomic E-state index is 12.6. The number of hydrogen-bond acceptors (Lipinski definition) is 7. The molecule has 0 spiro atoms. The van der Waals surface area contributed by atoms with Gasteiger partial charge in [-0.05, 0) is 56.5 Å². The lowest BCUT2D eigenvalue weighted by Gasteiger charge is -2.30. The summed E-state index contributed by atoms with van der Waals surface area (Å²) >= 11 is 4.89. The molecule has 3 aromatic rings. The zero-order chi connectivity index (χ0) is 20.9. The number of amides is 1. The van der Waals surface area contributed by atoms with E-state index in [4.69, 9.17) is 0 Å². The molecule has 1 aliphatic heterocycles. The third-order valence-electron chi connectivity index (χ3n) is 5.07. The van der Waals surface area contributed by atoms with Gasteiger partial charge in [0.15, 0.2) is 5.13 Å². The van der Waals surface area contributed by atoms with Crippen molar-refractivity contribution < 1.29 is 4.79 Å². The Labute approximate surface area is 190 Å². The van der Waals surface area contributed by atoms with Gasteiger partial charge in [-0.3, -0.25) is 15.0 Å². The Balaban J connectivity index is 1.29. The molecule has 0 bridgehead atoms. The van der Waals surface area contributed by atoms with Gasteiger partial charge in [-0.1, -0.05) is 6.92 Å². The smallest absolute Gasteiger partial charge is 0.257 e. The van der Waals surface area contributed by atoms with E-state index in [1.807, 2.05) is 31.2 Å². The highest BCUT2D eigenvalue weighted by atomic mass is 32.2. The highest BCUT2D eigenvalue weighted by Crippen LogP contribution is 2.25. The second-order valence-electron chi connectivity index (χ2n) is 7.75. The lowest BCUT2D eigenvalue weighted by molar-refractivity contribution is 0.102. The summed E-state index contributed by atoms with van der Waals surface area (Å²) in [5.41, 5.74) is 2.78. The number of carbonyl (C=O) groups is 1. The molecule has 158 valence electrons. The number of nitrogens with zero attached hydrogens (tertiary/aromatic N) is 3. The first kappa shape index (κ1) is 21.5. The topological polar surface area (TPSA) is 58.1 Å². The van der Waals surface area contributed by atoms with Gasteiger partial charge in [-0.25, -0.2) is 9.97 Å². The van der Waals surface area contributed by atoms with E-state index in [0.29, 0.717) is 10.7 Å². The maximum absolute atomic E-state index is 12.6. The first-order valence-electron chi connectivity index (χ1n) is 10.2. The fourth-order valence-corrected chi connectivity index (χ4v) is 5.81. The first-order valence-corrected chi connectivity index (χ1v) is 12.9. The third kappa shape index (κ3) is 5.91. The highest BCUT2D eigenvalue weighted by molar-refractivity contribution is 7.98. The lowest BCUT2D eigenvalue weighted by atomic mass is 10.0. The van der Waals surface area contributed by atoms with Crippen LogP contribution in [0.5, 0.6) is 0 Å². The molecule has 30 heavy (non-hydrogen) atoms. The SMILES string of the molecule is Cc1nc(CSc2ccc(C(=O)Nc3nc(CN4CCC[C@H](C)C4)cs3)cc2)cs1. The van der Waals surface area contributed by atoms with E-state index < -0.39 is 0 Å². The molecule has 1 saturated heterocycles. The summed E-state index contributed by atoms with van der Waals surface area (Å²) in [5, 5.41) is 8.84. The zero-order valence-corrected chi connectivity index (χ0v) is 19.7. The summed E-state index contributed by atoms with van der Waals surface area (Å²) < 4.78 is 0. The lowest BCUT2D eigenvalue weighted by Crippen LogP contribution is -2.33. The standard InChI is InChI=1S/C22H26N4OS3/c1-15-4-3-9-26(10-15)11-18-12-30-22(24-18)25-21(27)17-5-7-20(8-6-17)29-14-19-13-28-16(2)23-19/h5-8,12-13,15H,3-4,9-11,14H2,1-2H3,(H,24,25,27)/t15-/m0/s1. The Bertz CT molecular complexity index is 982. The van der Waals surface area contributed by atoms with Crippen LogP contribution >= 0.6 is 34.4 Å². The van der Waals surface area contributed by atoms with Gasteiger partial charge in [0.05, 0.1) is 16.4 Å². The minimum Gasteiger partial charge on any atom is -0.298 e. The van der Waals surface area contributed by atoms with Crippen LogP contribution < -0.4 is 5.32 Å². The van der Waals surface area contributed by atoms with Crippen molar-refractivity contribution in [2.75, 3.05) is 18.4 Å². The second kappa shape index (κ2) is 10.0. The van der Waals surface area contributed by atoms with Gasteiger partial charge in [-0.15, -0.1) is 34.4 Å². The van der Waals surface area contributed by atoms with Crippen molar-refractivity contribution in [3.8, 4) is 0 Å². The number of nitrogens with one attached hydrogen (secondary N) is 1. The van der Waals surface area contributed by atoms with Crippen LogP contribution in [0.15, 0.2) is 39.9 Å². The molecule has 3 heterocycles. The van der Waals surface area contributed by atoms with Crippen molar-refractivity contribution >= 4 is 45.5 Å². The van der Waals surface area contributed by atoms with Gasteiger partial charge in [0, 0.05) is 40.1 Å². The van der Waals surface area contributed by atoms with Gasteiger partial charge in [-0.2, -0.15) is 0 Å². The van der Waals surface area contributed by atoms with E-state index in [1.165, 1.54) is 24.2 Å². The van der Waals surface area contributed by atoms with Crippen molar-refractivity contribution in [2.45, 2.75) is 43.9 Å². The van der Waals surface area contributed by atoms with Crippen molar-refractivity contribution in [1.82, 2.24) is 14.9 Å². The largest absolute Gasteiger partial charge is 0.298 e. The summed E-state index contributed by atoms with van der Waals surface area (Å²) in [4.78, 5) is 25.3. The Morgan fingerprint density at radius 1 is 1.20 bits per heavy atom. The average Bonchev–Trinajstić information content (AvgIpc) is 3.35. The Morgan fingerprint density at radius 3 is 2.73 bits per heavy atom. The molecule has 1 aliphatic rings. The van der Waals surface area contributed by atoms with Crippen LogP contribution in [0.2, 0.25) is 0 Å². The third-order valence-corrected chi connectivity index (χ3v) is 7.74. The van der Waals surface area contributed by atoms with E-state index in [2.05, 4.69) is 37.9 Å². The minimum atomic E-state index is -0.117. The van der Waals surface area contributed by atoms with Crippen molar-refractivity contribution in [1.29, 1.82) is 0 Å². The fraction of sp³-hybridized carbons (Fsp3) is 0.409. The Kier molecular flexibility index (Phi) is 7.20. The molecule has 1 N–H and O–H groups in total. The molecule has 1 amide bonds. The number of piperidine rings is 1. The number of hydrogen-bond donors (Lipinski definition) is 1. The predicted molar refractivity (Wildman–Crippen MR) is 127 cm³/mol. The van der Waals surface area contributed by atoms with Crippen LogP contribution in [0.25, 0.3) is 0 Å². The first-order chi connectivity index (χ1) is 14.5. The number of carbonyl (C=O) groups excluding carboxylic acids is 1. The summed E-state index contributed by atoms with van der Waals surface area (Å²) in [5.74, 6) is 1.48. The van der Waals surface area contributed by atoms with Gasteiger partial charge in [0.2, 0.25) is 0 Å². The van der Waals surface area contributed by atoms with E-state index >= 15 is 0 Å². The molecule has 1 atom stereocenters. The highest BCUT2D eigenvalue weighted by Gasteiger charge is 2.17. The van der Waals surface area contributed by atoms with Crippen LogP contribution in [0.3, 0.4) is 0 Å². The van der Waals surface area contributed by atoms with Gasteiger partial charge in [0.1, 0.15) is 0 Å². The van der Waals surface area contributed by atoms with Crippen molar-refractivity contribution in [3.63, 3.8) is 0 Å². The van der Waals surface area contributed by atoms with E-state index in [0.717, 1.165) is 52.6 Å². The van der Waals surface area contributed by atoms with Gasteiger partial charge in [0.25, 0.3) is 5.91 Å². The molecule has 0 aliphatic carbocycles. The second-order valence-corrected chi connectivity index (χ2v) is 10.7. The zero-order valence-electron chi connectivity index (χ0n) is 17.3. The van der Waals surface area contributed by atoms with Crippen LogP contribution in [0.1, 0.15) is 46.5 Å². The number of benzene rings is 1. The minimum absolute atomic E-state index is 0.117. The normalized spacial score (nSPS) is 17.2. The number of rotatable bonds is 7. The number of thioether (sulfide) groups is 1. The molecule has 4 rings (SSSR count). The quantitative estimate of drug-likeness (QED) is 0.461. The molecule has 2 aromatic heterocycles. The fourth-order valence-electron chi connectivity index (χ4n) is 3.60. The van der Waals surface area contributed by atoms with Gasteiger partial charge < -0.3 is 0 Å². The van der Waals surface area contributed by atoms with Gasteiger partial charge >= 0.3 is 0 Å². The molecule has 0 saturated carbocycles. The maximum Gasteiger partial charge on any atom is 0.257 e. The Morgan fingerprint density at radius 2 is 2.00 bits per heavy atom. The number of aromatic nitrogens is 2. The van der Waals surface area contributed by atoms with E-state index in [-0.39, 0.29) is 5.91 Å². The van der Waals surface area contributed by atoms with Crippen molar-refractivity contribution in [3.05, 3.63) is 57.0 Å². The molecule has 1 aromatic carbocycles. The average molecular weight is 459 g/mol. The number of anilines is 1. The van der Waals surface area contributed by atoms with Crippen molar-refractivity contribution in [2.24, 2.45) is 5.92 Å². The number of aryl methyl sites for hydroxylation is 1. The van der Waals surface area contributed by atoms with E-state index in [1.54, 1.807) is 23.1 Å². The van der Waals surface area contributed by atoms with Crippen LogP contribution in [0.4, 0.5) is 5.13 Å². The molecule has 0 unspecified atom stereocenters. The molecule has 0 radical (unpaired) electrons. The molecular weight excluding hydrogens is 432 g/mol. The molecular formula is C22H26N4OS3. The van der Waals surface area contributed by atoms with Crippen LogP contribution in [-0.2, 0) is 12.3 Å². The molecule has 5 nitrogen and oxygen atoms in total. The number of thiazole rings is 2. The predicted octanol–water partition coefficient (Wildman–Crippen LogP) is 5.68. The molecule has 1 fully saturated rings. The summed E-state index contributed by atoms with van der Waals surface area (Å²) in [7, 11) is 0. The summed E-state index contributed by atoms with van der Waals surface area (Å²) in [6, 6.07) is 7.72. The summed E-state index contributed by atoms with van der Waals surface area (Å²) in [6.07, 6.45) is 2.57. The van der Waals surface area contributed by atoms with E-state index in [9.17, 15) is 4.79 Å². The monoisotopic (exact) mass is 458 g/mol.